The molecule has 1 aromatic carbocycles. The number of hydrogen-bond acceptors (Lipinski definition) is 2. The van der Waals surface area contributed by atoms with E-state index in [-0.39, 0.29) is 17.6 Å². The fraction of sp³-hybridized carbons (Fsp3) is 0.273. The van der Waals surface area contributed by atoms with Crippen molar-refractivity contribution >= 4 is 40.5 Å². The summed E-state index contributed by atoms with van der Waals surface area (Å²) in [7, 11) is 0. The molecule has 4 nitrogen and oxygen atoms in total. The molecule has 4 rings (SSSR count). The summed E-state index contributed by atoms with van der Waals surface area (Å²) in [5.74, 6) is -0.976. The Labute approximate surface area is 172 Å². The van der Waals surface area contributed by atoms with Gasteiger partial charge in [0.25, 0.3) is 0 Å². The van der Waals surface area contributed by atoms with E-state index in [1.54, 1.807) is 18.2 Å². The minimum Gasteiger partial charge on any atom is -0.481 e. The third kappa shape index (κ3) is 3.31. The van der Waals surface area contributed by atoms with Crippen LogP contribution in [-0.2, 0) is 4.79 Å². The van der Waals surface area contributed by atoms with Gasteiger partial charge in [0.15, 0.2) is 0 Å². The molecule has 28 heavy (non-hydrogen) atoms. The number of fused-ring (bicyclic) bond motifs is 1. The highest BCUT2D eigenvalue weighted by molar-refractivity contribution is 6.40. The largest absolute Gasteiger partial charge is 0.481 e. The standard InChI is InChI=1S/C22H19Cl2NO3/c23-16-4-3-5-17(24)20(16)21(26)19-12-15(18-6-1-2-11-25(18)19)13-7-9-14(10-8-13)22(27)28/h1-6,11-14H,7-10H2,(H,27,28). The van der Waals surface area contributed by atoms with Crippen molar-refractivity contribution < 1.29 is 14.7 Å². The Hall–Kier alpha value is -2.30. The summed E-state index contributed by atoms with van der Waals surface area (Å²) >= 11 is 12.5. The van der Waals surface area contributed by atoms with Crippen molar-refractivity contribution in [1.29, 1.82) is 0 Å². The van der Waals surface area contributed by atoms with Gasteiger partial charge in [0, 0.05) is 11.7 Å². The van der Waals surface area contributed by atoms with E-state index in [1.807, 2.05) is 34.9 Å². The lowest BCUT2D eigenvalue weighted by molar-refractivity contribution is -0.142. The van der Waals surface area contributed by atoms with Crippen molar-refractivity contribution in [2.45, 2.75) is 31.6 Å². The molecule has 1 aliphatic rings. The Kier molecular flexibility index (Phi) is 5.17. The summed E-state index contributed by atoms with van der Waals surface area (Å²) in [5.41, 5.74) is 2.86. The molecule has 1 aliphatic carbocycles. The second-order valence-electron chi connectivity index (χ2n) is 7.25. The summed E-state index contributed by atoms with van der Waals surface area (Å²) in [6.07, 6.45) is 4.77. The maximum absolute atomic E-state index is 13.3. The molecule has 2 aromatic heterocycles. The minimum absolute atomic E-state index is 0.220. The molecule has 0 amide bonds. The third-order valence-corrected chi connectivity index (χ3v) is 6.28. The molecular formula is C22H19Cl2NO3. The highest BCUT2D eigenvalue weighted by atomic mass is 35.5. The Bertz CT molecular complexity index is 1040. The van der Waals surface area contributed by atoms with Crippen molar-refractivity contribution in [2.75, 3.05) is 0 Å². The second-order valence-corrected chi connectivity index (χ2v) is 8.07. The number of halogens is 2. The predicted octanol–water partition coefficient (Wildman–Crippen LogP) is 5.84. The second kappa shape index (κ2) is 7.61. The number of aromatic nitrogens is 1. The van der Waals surface area contributed by atoms with Crippen LogP contribution in [0, 0.1) is 5.92 Å². The van der Waals surface area contributed by atoms with E-state index >= 15 is 0 Å². The lowest BCUT2D eigenvalue weighted by atomic mass is 9.79. The number of nitrogens with zero attached hydrogens (tertiary/aromatic N) is 1. The van der Waals surface area contributed by atoms with Crippen molar-refractivity contribution in [3.8, 4) is 0 Å². The predicted molar refractivity (Wildman–Crippen MR) is 110 cm³/mol. The summed E-state index contributed by atoms with van der Waals surface area (Å²) in [5, 5.41) is 9.90. The van der Waals surface area contributed by atoms with Gasteiger partial charge in [-0.25, -0.2) is 0 Å². The van der Waals surface area contributed by atoms with Crippen LogP contribution in [0.1, 0.15) is 53.2 Å². The molecule has 144 valence electrons. The number of ketones is 1. The van der Waals surface area contributed by atoms with Crippen molar-refractivity contribution in [2.24, 2.45) is 5.92 Å². The zero-order valence-electron chi connectivity index (χ0n) is 15.1. The quantitative estimate of drug-likeness (QED) is 0.544. The summed E-state index contributed by atoms with van der Waals surface area (Å²) in [4.78, 5) is 24.5. The van der Waals surface area contributed by atoms with Crippen molar-refractivity contribution in [3.63, 3.8) is 0 Å². The zero-order chi connectivity index (χ0) is 19.8. The molecule has 6 heteroatoms. The molecule has 0 atom stereocenters. The Morgan fingerprint density at radius 2 is 1.64 bits per heavy atom. The lowest BCUT2D eigenvalue weighted by Crippen LogP contribution is -2.20. The van der Waals surface area contributed by atoms with Gasteiger partial charge in [0.2, 0.25) is 5.78 Å². The summed E-state index contributed by atoms with van der Waals surface area (Å²) < 4.78 is 1.88. The molecule has 0 spiro atoms. The van der Waals surface area contributed by atoms with E-state index in [1.165, 1.54) is 0 Å². The number of rotatable bonds is 4. The molecule has 0 aliphatic heterocycles. The fourth-order valence-electron chi connectivity index (χ4n) is 4.18. The number of hydrogen-bond donors (Lipinski definition) is 1. The van der Waals surface area contributed by atoms with E-state index in [0.717, 1.165) is 23.9 Å². The number of pyridine rings is 1. The van der Waals surface area contributed by atoms with Gasteiger partial charge in [-0.05, 0) is 67.5 Å². The van der Waals surface area contributed by atoms with Crippen LogP contribution in [0.3, 0.4) is 0 Å². The molecule has 2 heterocycles. The topological polar surface area (TPSA) is 58.8 Å². The first-order valence-corrected chi connectivity index (χ1v) is 10.0. The molecule has 0 saturated heterocycles. The fourth-order valence-corrected chi connectivity index (χ4v) is 4.74. The van der Waals surface area contributed by atoms with Gasteiger partial charge in [-0.1, -0.05) is 35.3 Å². The molecule has 1 saturated carbocycles. The van der Waals surface area contributed by atoms with E-state index < -0.39 is 5.97 Å². The molecular weight excluding hydrogens is 397 g/mol. The van der Waals surface area contributed by atoms with Crippen LogP contribution >= 0.6 is 23.2 Å². The van der Waals surface area contributed by atoms with E-state index in [9.17, 15) is 14.7 Å². The average molecular weight is 416 g/mol. The number of carboxylic acid groups (broad SMARTS) is 1. The lowest BCUT2D eigenvalue weighted by Gasteiger charge is -2.25. The van der Waals surface area contributed by atoms with Crippen LogP contribution in [0.25, 0.3) is 5.52 Å². The minimum atomic E-state index is -0.718. The normalized spacial score (nSPS) is 19.6. The maximum atomic E-state index is 13.3. The average Bonchev–Trinajstić information content (AvgIpc) is 3.07. The molecule has 1 N–H and O–H groups in total. The van der Waals surface area contributed by atoms with Gasteiger partial charge in [0.05, 0.1) is 27.2 Å². The monoisotopic (exact) mass is 415 g/mol. The molecule has 0 unspecified atom stereocenters. The van der Waals surface area contributed by atoms with Gasteiger partial charge in [0.1, 0.15) is 0 Å². The highest BCUT2D eigenvalue weighted by Crippen LogP contribution is 2.39. The van der Waals surface area contributed by atoms with Crippen molar-refractivity contribution in [1.82, 2.24) is 4.40 Å². The van der Waals surface area contributed by atoms with Crippen LogP contribution in [0.5, 0.6) is 0 Å². The van der Waals surface area contributed by atoms with Gasteiger partial charge in [-0.2, -0.15) is 0 Å². The molecule has 3 aromatic rings. The number of benzene rings is 1. The highest BCUT2D eigenvalue weighted by Gasteiger charge is 2.30. The zero-order valence-corrected chi connectivity index (χ0v) is 16.6. The summed E-state index contributed by atoms with van der Waals surface area (Å²) in [6, 6.07) is 12.8. The molecule has 1 fully saturated rings. The first-order valence-electron chi connectivity index (χ1n) is 9.29. The Balaban J connectivity index is 1.76. The molecule has 0 radical (unpaired) electrons. The van der Waals surface area contributed by atoms with Gasteiger partial charge >= 0.3 is 5.97 Å². The van der Waals surface area contributed by atoms with E-state index in [2.05, 4.69) is 0 Å². The van der Waals surface area contributed by atoms with Crippen LogP contribution in [0.15, 0.2) is 48.7 Å². The number of carbonyl (C=O) groups excluding carboxylic acids is 1. The van der Waals surface area contributed by atoms with Crippen LogP contribution in [0.4, 0.5) is 0 Å². The summed E-state index contributed by atoms with van der Waals surface area (Å²) in [6.45, 7) is 0. The van der Waals surface area contributed by atoms with Gasteiger partial charge in [-0.15, -0.1) is 0 Å². The smallest absolute Gasteiger partial charge is 0.306 e. The number of carboxylic acids is 1. The van der Waals surface area contributed by atoms with E-state index in [4.69, 9.17) is 23.2 Å². The van der Waals surface area contributed by atoms with Gasteiger partial charge in [-0.3, -0.25) is 9.59 Å². The van der Waals surface area contributed by atoms with Gasteiger partial charge < -0.3 is 9.51 Å². The SMILES string of the molecule is O=C(c1c(Cl)cccc1Cl)c1cc(C2CCC(C(=O)O)CC2)c2ccccn12. The van der Waals surface area contributed by atoms with Crippen LogP contribution in [-0.4, -0.2) is 21.3 Å². The third-order valence-electron chi connectivity index (χ3n) is 5.65. The Morgan fingerprint density at radius 3 is 2.29 bits per heavy atom. The van der Waals surface area contributed by atoms with Crippen LogP contribution in [0.2, 0.25) is 10.0 Å². The number of aliphatic carboxylic acids is 1. The maximum Gasteiger partial charge on any atom is 0.306 e. The van der Waals surface area contributed by atoms with Crippen LogP contribution < -0.4 is 0 Å². The first kappa shape index (κ1) is 19.0. The first-order chi connectivity index (χ1) is 13.5. The van der Waals surface area contributed by atoms with Crippen molar-refractivity contribution in [3.05, 3.63) is 75.5 Å². The Morgan fingerprint density at radius 1 is 0.964 bits per heavy atom. The van der Waals surface area contributed by atoms with E-state index in [0.29, 0.717) is 34.1 Å². The molecule has 0 bridgehead atoms. The number of carbonyl (C=O) groups is 2.